The molecule has 0 amide bonds. The number of hydrogen-bond acceptors (Lipinski definition) is 19. The largest absolute Gasteiger partial charge is 0.491 e. The first-order valence-electron chi connectivity index (χ1n) is 36.9. The maximum absolute atomic E-state index is 18.6. The lowest BCUT2D eigenvalue weighted by Crippen LogP contribution is -2.69. The van der Waals surface area contributed by atoms with Crippen LogP contribution in [0.25, 0.3) is 0 Å². The average Bonchev–Trinajstić information content (AvgIpc) is 0.724. The molecule has 0 aliphatic heterocycles. The summed E-state index contributed by atoms with van der Waals surface area (Å²) in [6, 6.07) is 22.4. The summed E-state index contributed by atoms with van der Waals surface area (Å²) in [5.41, 5.74) is 2.26. The number of aryl methyl sites for hydroxylation is 3. The molecule has 0 saturated carbocycles. The van der Waals surface area contributed by atoms with Crippen LogP contribution in [-0.2, 0) is 94.2 Å². The molecule has 0 aliphatic carbocycles. The summed E-state index contributed by atoms with van der Waals surface area (Å²) >= 11 is 0. The zero-order chi connectivity index (χ0) is 69.6. The van der Waals surface area contributed by atoms with Gasteiger partial charge in [0.05, 0.1) is 19.8 Å². The first-order chi connectivity index (χ1) is 46.2. The smallest absolute Gasteiger partial charge is 0.432 e. The summed E-state index contributed by atoms with van der Waals surface area (Å²) in [5, 5.41) is 0. The Labute approximate surface area is 574 Å². The van der Waals surface area contributed by atoms with Crippen molar-refractivity contribution in [2.24, 2.45) is 0 Å². The maximum atomic E-state index is 18.6. The summed E-state index contributed by atoms with van der Waals surface area (Å²) in [4.78, 5) is 0. The molecule has 3 atom stereocenters. The second kappa shape index (κ2) is 48.5. The van der Waals surface area contributed by atoms with E-state index in [1.54, 1.807) is 101 Å². The van der Waals surface area contributed by atoms with E-state index in [0.717, 1.165) is 113 Å². The molecule has 3 rings (SSSR count). The van der Waals surface area contributed by atoms with Gasteiger partial charge in [-0.1, -0.05) is 191 Å². The van der Waals surface area contributed by atoms with Crippen LogP contribution in [0.3, 0.4) is 0 Å². The summed E-state index contributed by atoms with van der Waals surface area (Å²) in [6.07, 6.45) is 24.2. The molecular weight excluding hydrogens is 1240 g/mol. The van der Waals surface area contributed by atoms with Crippen molar-refractivity contribution in [3.63, 3.8) is 0 Å². The first kappa shape index (κ1) is 85.9. The average molecular weight is 1370 g/mol. The van der Waals surface area contributed by atoms with Crippen molar-refractivity contribution < 1.29 is 89.2 Å². The molecule has 548 valence electrons. The van der Waals surface area contributed by atoms with Gasteiger partial charge in [0.15, 0.2) is 0 Å². The lowest BCUT2D eigenvalue weighted by atomic mass is 10.0. The fraction of sp³-hybridized carbons (Fsp3) is 0.760. The molecule has 19 nitrogen and oxygen atoms in total. The van der Waals surface area contributed by atoms with Crippen molar-refractivity contribution in [1.29, 1.82) is 0 Å². The first-order valence-corrected chi connectivity index (χ1v) is 38.3. The number of phosphoric acid groups is 1. The van der Waals surface area contributed by atoms with Crippen molar-refractivity contribution in [2.75, 3.05) is 79.3 Å². The normalized spacial score (nSPS) is 14.9. The number of para-hydroxylation sites is 3. The molecule has 0 saturated heterocycles. The molecule has 20 heteroatoms. The molecule has 0 N–H and O–H groups in total. The lowest BCUT2D eigenvalue weighted by Gasteiger charge is -2.50. The molecule has 3 aromatic carbocycles. The van der Waals surface area contributed by atoms with E-state index in [-0.39, 0.29) is 96.5 Å². The Hall–Kier alpha value is -3.31. The molecule has 3 unspecified atom stereocenters. The number of rotatable bonds is 63. The highest BCUT2D eigenvalue weighted by Gasteiger charge is 2.75. The molecule has 0 spiro atoms. The van der Waals surface area contributed by atoms with E-state index >= 15 is 4.57 Å². The third-order valence-corrected chi connectivity index (χ3v) is 17.0. The van der Waals surface area contributed by atoms with Gasteiger partial charge < -0.3 is 71.1 Å². The van der Waals surface area contributed by atoms with Gasteiger partial charge in [-0.05, 0) is 156 Å². The zero-order valence-electron chi connectivity index (χ0n) is 61.6. The van der Waals surface area contributed by atoms with Crippen LogP contribution in [0.4, 0.5) is 0 Å². The van der Waals surface area contributed by atoms with Gasteiger partial charge in [0.2, 0.25) is 0 Å². The van der Waals surface area contributed by atoms with Crippen LogP contribution >= 0.6 is 7.82 Å². The Balaban J connectivity index is 2.82. The summed E-state index contributed by atoms with van der Waals surface area (Å²) < 4.78 is 144. The van der Waals surface area contributed by atoms with Gasteiger partial charge in [-0.3, -0.25) is 0 Å². The van der Waals surface area contributed by atoms with E-state index < -0.39 is 43.7 Å². The van der Waals surface area contributed by atoms with Crippen molar-refractivity contribution in [2.45, 2.75) is 294 Å². The fourth-order valence-electron chi connectivity index (χ4n) is 11.5. The Morgan fingerprint density at radius 1 is 0.242 bits per heavy atom. The van der Waals surface area contributed by atoms with Gasteiger partial charge in [0.25, 0.3) is 0 Å². The molecule has 0 fully saturated rings. The van der Waals surface area contributed by atoms with Crippen LogP contribution in [0.5, 0.6) is 17.2 Å². The highest BCUT2D eigenvalue weighted by molar-refractivity contribution is 7.48. The molecule has 95 heavy (non-hydrogen) atoms. The summed E-state index contributed by atoms with van der Waals surface area (Å²) in [6.45, 7) is 25.8. The van der Waals surface area contributed by atoms with Gasteiger partial charge in [0, 0.05) is 59.5 Å². The number of phosphoric ester groups is 1. The minimum Gasteiger partial charge on any atom is -0.432 e. The SMILES string of the molecule is CCCCCCCCCc1ccccc1OC(OCC)(OP(=O)(OC(OCC)(Oc1ccccc1CCCCCCCCC)C(OCC)(OCC)OCC)OC(OCC)(Oc1ccccc1CCCCCCCCC)C(OCC)(OCC)OCC)C(OCC)(OCC)OCC. The second-order valence-corrected chi connectivity index (χ2v) is 24.4. The van der Waals surface area contributed by atoms with Crippen molar-refractivity contribution >= 4 is 7.82 Å². The number of hydrogen-bond donors (Lipinski definition) is 0. The van der Waals surface area contributed by atoms with Crippen LogP contribution in [-0.4, -0.2) is 115 Å². The van der Waals surface area contributed by atoms with E-state index in [1.165, 1.54) is 38.5 Å². The third-order valence-electron chi connectivity index (χ3n) is 15.6. The monoisotopic (exact) mass is 1360 g/mol. The van der Waals surface area contributed by atoms with Crippen LogP contribution in [0.2, 0.25) is 0 Å². The van der Waals surface area contributed by atoms with Gasteiger partial charge in [-0.25, -0.2) is 18.1 Å². The molecule has 3 aromatic rings. The minimum atomic E-state index is -6.22. The van der Waals surface area contributed by atoms with Gasteiger partial charge in [-0.2, -0.15) is 0 Å². The van der Waals surface area contributed by atoms with Crippen molar-refractivity contribution in [3.05, 3.63) is 89.5 Å². The quantitative estimate of drug-likeness (QED) is 0.0295. The van der Waals surface area contributed by atoms with E-state index in [1.807, 2.05) is 54.6 Å². The van der Waals surface area contributed by atoms with E-state index in [9.17, 15) is 0 Å². The Morgan fingerprint density at radius 3 is 0.621 bits per heavy atom. The van der Waals surface area contributed by atoms with Crippen LogP contribution < -0.4 is 14.2 Å². The Bertz CT molecular complexity index is 2140. The highest BCUT2D eigenvalue weighted by Crippen LogP contribution is 2.64. The van der Waals surface area contributed by atoms with Crippen LogP contribution in [0.15, 0.2) is 72.8 Å². The van der Waals surface area contributed by atoms with Gasteiger partial charge >= 0.3 is 43.7 Å². The molecular formula is C75H129O19P. The number of benzene rings is 3. The Kier molecular flexibility index (Phi) is 43.8. The Morgan fingerprint density at radius 2 is 0.421 bits per heavy atom. The topological polar surface area (TPSA) is 183 Å². The molecule has 0 radical (unpaired) electrons. The number of ether oxygens (including phenoxy) is 15. The predicted octanol–water partition coefficient (Wildman–Crippen LogP) is 19.6. The van der Waals surface area contributed by atoms with Crippen molar-refractivity contribution in [1.82, 2.24) is 0 Å². The second-order valence-electron chi connectivity index (χ2n) is 23.0. The standard InChI is InChI=1S/C75H129O19P/c1-16-31-34-37-40-43-46-55-64-58-49-52-61-67(64)89-73(86-28-13,70(77-19-4,78-20-5)79-21-6)92-95(76,93-74(87-29-14,71(80-22-7,81-23-8)82-24-9)90-68-62-53-50-59-65(68)56-47-44-41-38-35-32-17-2)94-75(88-30-15,72(83-25-10,84-26-11)85-27-12)91-69-63-54-51-60-66(69)57-48-45-42-39-36-33-18-3/h49-54,58-63H,16-48,55-57H2,1-15H3. The van der Waals surface area contributed by atoms with E-state index in [0.29, 0.717) is 19.3 Å². The molecule has 0 bridgehead atoms. The zero-order valence-corrected chi connectivity index (χ0v) is 62.5. The summed E-state index contributed by atoms with van der Waals surface area (Å²) in [5.74, 6) is -16.1. The van der Waals surface area contributed by atoms with E-state index in [4.69, 9.17) is 84.6 Å². The summed E-state index contributed by atoms with van der Waals surface area (Å²) in [7, 11) is -6.22. The minimum absolute atomic E-state index is 0.0967. The van der Waals surface area contributed by atoms with E-state index in [2.05, 4.69) is 20.8 Å². The van der Waals surface area contributed by atoms with Crippen LogP contribution in [0, 0.1) is 0 Å². The predicted molar refractivity (Wildman–Crippen MR) is 373 cm³/mol. The maximum Gasteiger partial charge on any atom is 0.491 e. The lowest BCUT2D eigenvalue weighted by molar-refractivity contribution is -0.552. The fourth-order valence-corrected chi connectivity index (χ4v) is 13.1. The van der Waals surface area contributed by atoms with Crippen molar-refractivity contribution in [3.8, 4) is 17.2 Å². The number of unbranched alkanes of at least 4 members (excludes halogenated alkanes) is 18. The van der Waals surface area contributed by atoms with Gasteiger partial charge in [-0.15, -0.1) is 0 Å². The molecule has 0 heterocycles. The highest BCUT2D eigenvalue weighted by atomic mass is 31.2. The van der Waals surface area contributed by atoms with Gasteiger partial charge in [0.1, 0.15) is 17.2 Å². The third kappa shape index (κ3) is 26.3. The molecule has 0 aliphatic rings. The molecule has 0 aromatic heterocycles. The van der Waals surface area contributed by atoms with Crippen LogP contribution in [0.1, 0.15) is 255 Å².